The lowest BCUT2D eigenvalue weighted by atomic mass is 10.0. The molecule has 1 N–H and O–H groups in total. The van der Waals surface area contributed by atoms with E-state index in [0.717, 1.165) is 26.8 Å². The zero-order valence-corrected chi connectivity index (χ0v) is 17.9. The van der Waals surface area contributed by atoms with E-state index in [0.29, 0.717) is 5.56 Å². The Morgan fingerprint density at radius 3 is 2.19 bits per heavy atom. The number of hydrogen-bond donors (Lipinski definition) is 1. The monoisotopic (exact) mass is 452 g/mol. The highest BCUT2D eigenvalue weighted by atomic mass is 16.7. The minimum absolute atomic E-state index is 0.0640. The maximum atomic E-state index is 12.3. The molecular weight excluding hydrogens is 428 g/mol. The number of phenolic OH excluding ortho intramolecular Hbond substituents is 1. The van der Waals surface area contributed by atoms with Gasteiger partial charge in [-0.2, -0.15) is 0 Å². The Labute approximate surface area is 183 Å². The van der Waals surface area contributed by atoms with Crippen LogP contribution in [0.4, 0.5) is 0 Å². The maximum absolute atomic E-state index is 12.3. The molecule has 0 unspecified atom stereocenters. The number of phenols is 1. The summed E-state index contributed by atoms with van der Waals surface area (Å²) in [5.41, 5.74) is 0.533. The molecule has 0 saturated carbocycles. The van der Waals surface area contributed by atoms with E-state index in [9.17, 15) is 24.3 Å². The normalized spacial score (nSPS) is 22.6. The highest BCUT2D eigenvalue weighted by Crippen LogP contribution is 2.27. The Balaban J connectivity index is 2.18. The molecule has 1 fully saturated rings. The fourth-order valence-corrected chi connectivity index (χ4v) is 2.93. The van der Waals surface area contributed by atoms with Crippen LogP contribution in [0.15, 0.2) is 24.3 Å². The molecule has 0 radical (unpaired) electrons. The van der Waals surface area contributed by atoms with E-state index in [1.807, 2.05) is 0 Å². The number of rotatable bonds is 7. The summed E-state index contributed by atoms with van der Waals surface area (Å²) in [5.74, 6) is -2.85. The number of carbonyl (C=O) groups excluding carboxylic acids is 4. The Kier molecular flexibility index (Phi) is 8.59. The molecule has 1 saturated heterocycles. The smallest absolute Gasteiger partial charge is 0.333 e. The van der Waals surface area contributed by atoms with Gasteiger partial charge >= 0.3 is 23.9 Å². The molecule has 0 bridgehead atoms. The molecule has 0 spiro atoms. The zero-order chi connectivity index (χ0) is 23.8. The van der Waals surface area contributed by atoms with Crippen LogP contribution in [0.2, 0.25) is 0 Å². The van der Waals surface area contributed by atoms with Gasteiger partial charge in [-0.05, 0) is 23.8 Å². The molecule has 0 aliphatic carbocycles. The van der Waals surface area contributed by atoms with Crippen molar-refractivity contribution >= 4 is 30.0 Å². The van der Waals surface area contributed by atoms with Gasteiger partial charge in [0.1, 0.15) is 0 Å². The average Bonchev–Trinajstić information content (AvgIpc) is 2.70. The molecule has 11 heteroatoms. The van der Waals surface area contributed by atoms with Crippen LogP contribution in [0.5, 0.6) is 11.5 Å². The predicted molar refractivity (Wildman–Crippen MR) is 106 cm³/mol. The van der Waals surface area contributed by atoms with Crippen molar-refractivity contribution in [3.63, 3.8) is 0 Å². The first-order valence-corrected chi connectivity index (χ1v) is 9.49. The van der Waals surface area contributed by atoms with Crippen molar-refractivity contribution < 1.29 is 52.7 Å². The van der Waals surface area contributed by atoms with Crippen LogP contribution in [0.25, 0.3) is 6.08 Å². The highest BCUT2D eigenvalue weighted by molar-refractivity contribution is 5.87. The first kappa shape index (κ1) is 24.7. The molecule has 11 nitrogen and oxygen atoms in total. The van der Waals surface area contributed by atoms with Gasteiger partial charge in [-0.15, -0.1) is 0 Å². The van der Waals surface area contributed by atoms with E-state index >= 15 is 0 Å². The molecule has 1 aromatic carbocycles. The van der Waals surface area contributed by atoms with Gasteiger partial charge in [0.05, 0.1) is 13.7 Å². The first-order valence-electron chi connectivity index (χ1n) is 9.49. The minimum atomic E-state index is -1.43. The third-order valence-electron chi connectivity index (χ3n) is 4.15. The Hall–Kier alpha value is -3.60. The van der Waals surface area contributed by atoms with Crippen LogP contribution in [-0.2, 0) is 42.9 Å². The van der Waals surface area contributed by atoms with Crippen molar-refractivity contribution in [1.82, 2.24) is 0 Å². The number of methoxy groups -OCH3 is 1. The SMILES string of the molecule is COc1cc(/C=C/C(=O)O[C@@H]2OC[C@@H](OC(C)=O)[C@H](OC(C)=O)[C@H]2OC(C)=O)ccc1O. The van der Waals surface area contributed by atoms with Gasteiger partial charge in [-0.1, -0.05) is 6.07 Å². The van der Waals surface area contributed by atoms with E-state index in [1.54, 1.807) is 6.07 Å². The molecule has 32 heavy (non-hydrogen) atoms. The summed E-state index contributed by atoms with van der Waals surface area (Å²) >= 11 is 0. The molecule has 1 aliphatic heterocycles. The Morgan fingerprint density at radius 2 is 1.59 bits per heavy atom. The van der Waals surface area contributed by atoms with E-state index < -0.39 is 48.5 Å². The second kappa shape index (κ2) is 11.1. The number of aromatic hydroxyl groups is 1. The molecule has 2 rings (SSSR count). The summed E-state index contributed by atoms with van der Waals surface area (Å²) in [6.45, 7) is 3.12. The molecule has 4 atom stereocenters. The second-order valence-electron chi connectivity index (χ2n) is 6.70. The lowest BCUT2D eigenvalue weighted by Gasteiger charge is -2.39. The number of ether oxygens (including phenoxy) is 6. The summed E-state index contributed by atoms with van der Waals surface area (Å²) in [4.78, 5) is 46.8. The minimum Gasteiger partial charge on any atom is -0.504 e. The summed E-state index contributed by atoms with van der Waals surface area (Å²) in [5, 5.41) is 9.63. The van der Waals surface area contributed by atoms with E-state index in [2.05, 4.69) is 0 Å². The van der Waals surface area contributed by atoms with Crippen molar-refractivity contribution in [2.24, 2.45) is 0 Å². The summed E-state index contributed by atoms with van der Waals surface area (Å²) in [6, 6.07) is 4.43. The molecule has 174 valence electrons. The quantitative estimate of drug-likeness (QED) is 0.361. The van der Waals surface area contributed by atoms with Crippen LogP contribution in [0.3, 0.4) is 0 Å². The molecule has 1 aliphatic rings. The number of esters is 4. The second-order valence-corrected chi connectivity index (χ2v) is 6.70. The number of hydrogen-bond acceptors (Lipinski definition) is 11. The van der Waals surface area contributed by atoms with Crippen LogP contribution >= 0.6 is 0 Å². The van der Waals surface area contributed by atoms with Crippen LogP contribution in [0.1, 0.15) is 26.3 Å². The lowest BCUT2D eigenvalue weighted by Crippen LogP contribution is -2.58. The van der Waals surface area contributed by atoms with Crippen molar-refractivity contribution in [2.45, 2.75) is 45.4 Å². The zero-order valence-electron chi connectivity index (χ0n) is 17.9. The van der Waals surface area contributed by atoms with Gasteiger partial charge < -0.3 is 33.5 Å². The summed E-state index contributed by atoms with van der Waals surface area (Å²) < 4.78 is 31.1. The average molecular weight is 452 g/mol. The van der Waals surface area contributed by atoms with Gasteiger partial charge in [0.15, 0.2) is 23.7 Å². The van der Waals surface area contributed by atoms with Gasteiger partial charge in [-0.25, -0.2) is 4.79 Å². The molecule has 1 aromatic rings. The summed E-state index contributed by atoms with van der Waals surface area (Å²) in [7, 11) is 1.38. The predicted octanol–water partition coefficient (Wildman–Crippen LogP) is 1.11. The van der Waals surface area contributed by atoms with Crippen LogP contribution < -0.4 is 4.74 Å². The lowest BCUT2D eigenvalue weighted by molar-refractivity contribution is -0.272. The third-order valence-corrected chi connectivity index (χ3v) is 4.15. The van der Waals surface area contributed by atoms with Crippen LogP contribution in [0, 0.1) is 0 Å². The van der Waals surface area contributed by atoms with Gasteiger partial charge in [0.25, 0.3) is 0 Å². The van der Waals surface area contributed by atoms with Crippen molar-refractivity contribution in [1.29, 1.82) is 0 Å². The number of benzene rings is 1. The molecule has 1 heterocycles. The maximum Gasteiger partial charge on any atom is 0.333 e. The van der Waals surface area contributed by atoms with Crippen molar-refractivity contribution in [3.8, 4) is 11.5 Å². The number of carbonyl (C=O) groups is 4. The van der Waals surface area contributed by atoms with Gasteiger partial charge in [0, 0.05) is 26.8 Å². The Morgan fingerprint density at radius 1 is 0.969 bits per heavy atom. The first-order chi connectivity index (χ1) is 15.1. The van der Waals surface area contributed by atoms with Gasteiger partial charge in [-0.3, -0.25) is 14.4 Å². The van der Waals surface area contributed by atoms with E-state index in [-0.39, 0.29) is 18.1 Å². The van der Waals surface area contributed by atoms with E-state index in [4.69, 9.17) is 28.4 Å². The highest BCUT2D eigenvalue weighted by Gasteiger charge is 2.48. The summed E-state index contributed by atoms with van der Waals surface area (Å²) in [6.07, 6.45) is -2.65. The largest absolute Gasteiger partial charge is 0.504 e. The molecule has 0 aromatic heterocycles. The van der Waals surface area contributed by atoms with Crippen LogP contribution in [-0.4, -0.2) is 67.3 Å². The Bertz CT molecular complexity index is 892. The molecule has 0 amide bonds. The fourth-order valence-electron chi connectivity index (χ4n) is 2.93. The fraction of sp³-hybridized carbons (Fsp3) is 0.429. The van der Waals surface area contributed by atoms with E-state index in [1.165, 1.54) is 25.3 Å². The standard InChI is InChI=1S/C21H24O11/c1-11(22)29-17-10-28-21(20(31-13(3)24)19(17)30-12(2)23)32-18(26)8-6-14-5-7-15(25)16(9-14)27-4/h5-9,17,19-21,25H,10H2,1-4H3/b8-6+/t17-,19+,20-,21+/m1/s1. The van der Waals surface area contributed by atoms with Crippen molar-refractivity contribution in [3.05, 3.63) is 29.8 Å². The topological polar surface area (TPSA) is 144 Å². The third kappa shape index (κ3) is 6.98. The van der Waals surface area contributed by atoms with Gasteiger partial charge in [0.2, 0.25) is 12.4 Å². The van der Waals surface area contributed by atoms with Crippen molar-refractivity contribution in [2.75, 3.05) is 13.7 Å². The molecular formula is C21H24O11.